The molecule has 0 radical (unpaired) electrons. The van der Waals surface area contributed by atoms with Crippen LogP contribution in [0.25, 0.3) is 0 Å². The maximum atomic E-state index is 12.5. The third-order valence-electron chi connectivity index (χ3n) is 2.88. The van der Waals surface area contributed by atoms with E-state index in [0.717, 1.165) is 5.57 Å². The summed E-state index contributed by atoms with van der Waals surface area (Å²) in [5.41, 5.74) is 1.39. The summed E-state index contributed by atoms with van der Waals surface area (Å²) in [4.78, 5) is 26.0. The van der Waals surface area contributed by atoms with E-state index in [2.05, 4.69) is 11.9 Å². The fourth-order valence-corrected chi connectivity index (χ4v) is 1.99. The zero-order valence-corrected chi connectivity index (χ0v) is 14.6. The molecule has 0 heterocycles. The molecule has 0 spiro atoms. The first-order valence-electron chi connectivity index (χ1n) is 7.66. The molecule has 0 unspecified atom stereocenters. The lowest BCUT2D eigenvalue weighted by Crippen LogP contribution is -2.32. The predicted octanol–water partition coefficient (Wildman–Crippen LogP) is 4.07. The Morgan fingerprint density at radius 2 is 1.96 bits per heavy atom. The topological polar surface area (TPSA) is 58.6 Å². The molecule has 0 bridgehead atoms. The summed E-state index contributed by atoms with van der Waals surface area (Å²) >= 11 is 0. The molecule has 5 heteroatoms. The Bertz CT molecular complexity index is 588. The van der Waals surface area contributed by atoms with E-state index in [9.17, 15) is 9.59 Å². The van der Waals surface area contributed by atoms with E-state index < -0.39 is 11.7 Å². The zero-order chi connectivity index (χ0) is 17.6. The highest BCUT2D eigenvalue weighted by Crippen LogP contribution is 2.15. The van der Waals surface area contributed by atoms with Gasteiger partial charge in [0.15, 0.2) is 0 Å². The molecule has 1 N–H and O–H groups in total. The van der Waals surface area contributed by atoms with Crippen LogP contribution in [0, 0.1) is 0 Å². The minimum Gasteiger partial charge on any atom is -0.444 e. The molecule has 0 atom stereocenters. The Balaban J connectivity index is 2.85. The number of carbonyl (C=O) groups is 2. The number of nitrogens with zero attached hydrogens (tertiary/aromatic N) is 1. The summed E-state index contributed by atoms with van der Waals surface area (Å²) in [5, 5.41) is 2.64. The Hall–Kier alpha value is -2.30. The second-order valence-corrected chi connectivity index (χ2v) is 6.48. The lowest BCUT2D eigenvalue weighted by Gasteiger charge is -2.22. The van der Waals surface area contributed by atoms with Gasteiger partial charge in [-0.05, 0) is 52.8 Å². The average molecular weight is 318 g/mol. The SMILES string of the molecule is C=C(C)CN(CC)C(=O)c1cccc(NC(=O)OC(C)(C)C)c1. The first-order chi connectivity index (χ1) is 10.6. The van der Waals surface area contributed by atoms with E-state index in [0.29, 0.717) is 24.3 Å². The van der Waals surface area contributed by atoms with Crippen molar-refractivity contribution in [2.75, 3.05) is 18.4 Å². The fourth-order valence-electron chi connectivity index (χ4n) is 1.99. The monoisotopic (exact) mass is 318 g/mol. The van der Waals surface area contributed by atoms with Crippen molar-refractivity contribution in [1.29, 1.82) is 0 Å². The van der Waals surface area contributed by atoms with Crippen LogP contribution in [0.3, 0.4) is 0 Å². The second kappa shape index (κ2) is 7.81. The normalized spacial score (nSPS) is 10.8. The minimum atomic E-state index is -0.571. The number of ether oxygens (including phenoxy) is 1. The van der Waals surface area contributed by atoms with Crippen LogP contribution in [0.5, 0.6) is 0 Å². The molecule has 1 rings (SSSR count). The molecule has 0 aromatic heterocycles. The molecule has 0 aliphatic heterocycles. The second-order valence-electron chi connectivity index (χ2n) is 6.48. The fraction of sp³-hybridized carbons (Fsp3) is 0.444. The van der Waals surface area contributed by atoms with Gasteiger partial charge in [0.05, 0.1) is 0 Å². The van der Waals surface area contributed by atoms with Gasteiger partial charge in [0.25, 0.3) is 5.91 Å². The summed E-state index contributed by atoms with van der Waals surface area (Å²) in [6.07, 6.45) is -0.545. The highest BCUT2D eigenvalue weighted by atomic mass is 16.6. The number of hydrogen-bond acceptors (Lipinski definition) is 3. The number of anilines is 1. The lowest BCUT2D eigenvalue weighted by atomic mass is 10.1. The maximum Gasteiger partial charge on any atom is 0.412 e. The van der Waals surface area contributed by atoms with Gasteiger partial charge in [0.2, 0.25) is 0 Å². The molecule has 0 aliphatic rings. The summed E-state index contributed by atoms with van der Waals surface area (Å²) in [5.74, 6) is -0.0941. The minimum absolute atomic E-state index is 0.0941. The molecule has 1 aromatic carbocycles. The van der Waals surface area contributed by atoms with Crippen LogP contribution in [0.1, 0.15) is 45.0 Å². The molecule has 1 aromatic rings. The molecule has 5 nitrogen and oxygen atoms in total. The molecule has 2 amide bonds. The smallest absolute Gasteiger partial charge is 0.412 e. The number of likely N-dealkylation sites (N-methyl/N-ethyl adjacent to an activating group) is 1. The van der Waals surface area contributed by atoms with E-state index >= 15 is 0 Å². The quantitative estimate of drug-likeness (QED) is 0.832. The zero-order valence-electron chi connectivity index (χ0n) is 14.6. The molecule has 0 saturated heterocycles. The van der Waals surface area contributed by atoms with Crippen LogP contribution < -0.4 is 5.32 Å². The van der Waals surface area contributed by atoms with E-state index in [4.69, 9.17) is 4.74 Å². The average Bonchev–Trinajstić information content (AvgIpc) is 2.41. The first kappa shape index (κ1) is 18.7. The van der Waals surface area contributed by atoms with Crippen LogP contribution in [0.2, 0.25) is 0 Å². The summed E-state index contributed by atoms with van der Waals surface area (Å²) in [6.45, 7) is 14.1. The van der Waals surface area contributed by atoms with Gasteiger partial charge in [-0.25, -0.2) is 4.79 Å². The molecule has 126 valence electrons. The van der Waals surface area contributed by atoms with Gasteiger partial charge in [-0.2, -0.15) is 0 Å². The van der Waals surface area contributed by atoms with Gasteiger partial charge in [-0.3, -0.25) is 10.1 Å². The third kappa shape index (κ3) is 6.55. The van der Waals surface area contributed by atoms with Crippen molar-refractivity contribution in [3.8, 4) is 0 Å². The standard InChI is InChI=1S/C18H26N2O3/c1-7-20(12-13(2)3)16(21)14-9-8-10-15(11-14)19-17(22)23-18(4,5)6/h8-11H,2,7,12H2,1,3-6H3,(H,19,22). The Morgan fingerprint density at radius 3 is 2.48 bits per heavy atom. The van der Waals surface area contributed by atoms with E-state index in [1.165, 1.54) is 0 Å². The van der Waals surface area contributed by atoms with Crippen molar-refractivity contribution in [1.82, 2.24) is 4.90 Å². The van der Waals surface area contributed by atoms with Crippen molar-refractivity contribution in [2.24, 2.45) is 0 Å². The maximum absolute atomic E-state index is 12.5. The Labute approximate surface area is 138 Å². The van der Waals surface area contributed by atoms with Crippen LogP contribution in [-0.2, 0) is 4.74 Å². The van der Waals surface area contributed by atoms with E-state index in [-0.39, 0.29) is 5.91 Å². The highest BCUT2D eigenvalue weighted by molar-refractivity contribution is 5.96. The van der Waals surface area contributed by atoms with Crippen LogP contribution in [0.4, 0.5) is 10.5 Å². The first-order valence-corrected chi connectivity index (χ1v) is 7.66. The van der Waals surface area contributed by atoms with Crippen LogP contribution in [-0.4, -0.2) is 35.6 Å². The van der Waals surface area contributed by atoms with Gasteiger partial charge in [-0.15, -0.1) is 0 Å². The molecule has 0 fully saturated rings. The van der Waals surface area contributed by atoms with Gasteiger partial charge in [-0.1, -0.05) is 18.2 Å². The van der Waals surface area contributed by atoms with E-state index in [1.807, 2.05) is 13.8 Å². The van der Waals surface area contributed by atoms with Gasteiger partial charge < -0.3 is 9.64 Å². The molecular weight excluding hydrogens is 292 g/mol. The van der Waals surface area contributed by atoms with Gasteiger partial charge >= 0.3 is 6.09 Å². The van der Waals surface area contributed by atoms with Crippen molar-refractivity contribution in [3.05, 3.63) is 42.0 Å². The lowest BCUT2D eigenvalue weighted by molar-refractivity contribution is 0.0635. The molecule has 23 heavy (non-hydrogen) atoms. The van der Waals surface area contributed by atoms with Crippen molar-refractivity contribution in [3.63, 3.8) is 0 Å². The van der Waals surface area contributed by atoms with Gasteiger partial charge in [0, 0.05) is 24.3 Å². The summed E-state index contributed by atoms with van der Waals surface area (Å²) < 4.78 is 5.21. The Kier molecular flexibility index (Phi) is 6.37. The number of carbonyl (C=O) groups excluding carboxylic acids is 2. The predicted molar refractivity (Wildman–Crippen MR) is 92.7 cm³/mol. The molecular formula is C18H26N2O3. The molecule has 0 saturated carbocycles. The van der Waals surface area contributed by atoms with Crippen LogP contribution in [0.15, 0.2) is 36.4 Å². The van der Waals surface area contributed by atoms with Crippen molar-refractivity contribution in [2.45, 2.75) is 40.2 Å². The number of rotatable bonds is 5. The number of amides is 2. The number of benzene rings is 1. The molecule has 0 aliphatic carbocycles. The highest BCUT2D eigenvalue weighted by Gasteiger charge is 2.18. The summed E-state index contributed by atoms with van der Waals surface area (Å²) in [6, 6.07) is 6.82. The number of nitrogens with one attached hydrogen (secondary N) is 1. The Morgan fingerprint density at radius 1 is 1.30 bits per heavy atom. The van der Waals surface area contributed by atoms with Crippen LogP contribution >= 0.6 is 0 Å². The number of hydrogen-bond donors (Lipinski definition) is 1. The van der Waals surface area contributed by atoms with Gasteiger partial charge in [0.1, 0.15) is 5.60 Å². The van der Waals surface area contributed by atoms with Crippen molar-refractivity contribution >= 4 is 17.7 Å². The third-order valence-corrected chi connectivity index (χ3v) is 2.88. The summed E-state index contributed by atoms with van der Waals surface area (Å²) in [7, 11) is 0. The largest absolute Gasteiger partial charge is 0.444 e. The van der Waals surface area contributed by atoms with E-state index in [1.54, 1.807) is 49.9 Å². The van der Waals surface area contributed by atoms with Crippen molar-refractivity contribution < 1.29 is 14.3 Å².